The molecule has 120 valence electrons. The fourth-order valence-corrected chi connectivity index (χ4v) is 3.12. The quantitative estimate of drug-likeness (QED) is 0.778. The van der Waals surface area contributed by atoms with Crippen LogP contribution in [0.25, 0.3) is 0 Å². The Morgan fingerprint density at radius 1 is 1.10 bits per heavy atom. The largest absolute Gasteiger partial charge is 0.481 e. The number of carboxylic acids is 1. The number of nitrogens with zero attached hydrogens (tertiary/aromatic N) is 2. The van der Waals surface area contributed by atoms with E-state index in [4.69, 9.17) is 0 Å². The number of carbonyl (C=O) groups is 2. The summed E-state index contributed by atoms with van der Waals surface area (Å²) in [6, 6.07) is 0. The lowest BCUT2D eigenvalue weighted by molar-refractivity contribution is -0.154. The second-order valence-corrected chi connectivity index (χ2v) is 6.59. The van der Waals surface area contributed by atoms with Crippen LogP contribution in [0.15, 0.2) is 0 Å². The molecule has 0 atom stereocenters. The van der Waals surface area contributed by atoms with Gasteiger partial charge < -0.3 is 10.0 Å². The van der Waals surface area contributed by atoms with Crippen LogP contribution in [-0.4, -0.2) is 59.5 Å². The first kappa shape index (κ1) is 16.3. The van der Waals surface area contributed by atoms with Crippen LogP contribution in [-0.2, 0) is 9.59 Å². The lowest BCUT2D eigenvalue weighted by atomic mass is 9.79. The van der Waals surface area contributed by atoms with E-state index >= 15 is 0 Å². The SMILES string of the molecule is CCC(CC)(CC(=O)N1CCN(CC2CC2)CC1)C(=O)O. The van der Waals surface area contributed by atoms with Gasteiger partial charge in [-0.2, -0.15) is 0 Å². The maximum atomic E-state index is 12.4. The minimum Gasteiger partial charge on any atom is -0.481 e. The van der Waals surface area contributed by atoms with Gasteiger partial charge in [-0.05, 0) is 31.6 Å². The first-order valence-corrected chi connectivity index (χ1v) is 8.24. The van der Waals surface area contributed by atoms with Gasteiger partial charge in [0.15, 0.2) is 0 Å². The number of hydrogen-bond donors (Lipinski definition) is 1. The Morgan fingerprint density at radius 3 is 2.10 bits per heavy atom. The summed E-state index contributed by atoms with van der Waals surface area (Å²) < 4.78 is 0. The summed E-state index contributed by atoms with van der Waals surface area (Å²) in [5, 5.41) is 9.44. The smallest absolute Gasteiger partial charge is 0.310 e. The number of amides is 1. The third-order valence-electron chi connectivity index (χ3n) is 5.24. The van der Waals surface area contributed by atoms with Crippen LogP contribution in [0.2, 0.25) is 0 Å². The van der Waals surface area contributed by atoms with Crippen molar-refractivity contribution in [2.24, 2.45) is 11.3 Å². The van der Waals surface area contributed by atoms with E-state index in [1.165, 1.54) is 19.4 Å². The van der Waals surface area contributed by atoms with E-state index in [1.807, 2.05) is 18.7 Å². The molecule has 1 aliphatic carbocycles. The third-order valence-corrected chi connectivity index (χ3v) is 5.24. The van der Waals surface area contributed by atoms with Gasteiger partial charge >= 0.3 is 5.97 Å². The molecule has 5 nitrogen and oxygen atoms in total. The maximum absolute atomic E-state index is 12.4. The zero-order valence-electron chi connectivity index (χ0n) is 13.3. The third kappa shape index (κ3) is 3.96. The molecule has 1 aliphatic heterocycles. The van der Waals surface area contributed by atoms with E-state index in [0.717, 1.165) is 32.1 Å². The topological polar surface area (TPSA) is 60.9 Å². The van der Waals surface area contributed by atoms with Gasteiger partial charge in [0.1, 0.15) is 0 Å². The van der Waals surface area contributed by atoms with Crippen molar-refractivity contribution in [3.05, 3.63) is 0 Å². The highest BCUT2D eigenvalue weighted by molar-refractivity contribution is 5.85. The summed E-state index contributed by atoms with van der Waals surface area (Å²) in [6.45, 7) is 8.24. The molecule has 2 aliphatic rings. The van der Waals surface area contributed by atoms with Crippen molar-refractivity contribution >= 4 is 11.9 Å². The van der Waals surface area contributed by atoms with Crippen LogP contribution in [0.4, 0.5) is 0 Å². The molecule has 0 spiro atoms. The second kappa shape index (κ2) is 6.77. The molecule has 1 saturated heterocycles. The molecule has 0 aromatic rings. The highest BCUT2D eigenvalue weighted by atomic mass is 16.4. The van der Waals surface area contributed by atoms with Gasteiger partial charge in [0.05, 0.1) is 5.41 Å². The van der Waals surface area contributed by atoms with Gasteiger partial charge in [0.2, 0.25) is 5.91 Å². The van der Waals surface area contributed by atoms with Gasteiger partial charge in [-0.1, -0.05) is 13.8 Å². The summed E-state index contributed by atoms with van der Waals surface area (Å²) in [5.41, 5.74) is -0.887. The minimum absolute atomic E-state index is 0.00664. The molecule has 0 aromatic heterocycles. The first-order chi connectivity index (χ1) is 10.0. The predicted molar refractivity (Wildman–Crippen MR) is 81.0 cm³/mol. The Kier molecular flexibility index (Phi) is 5.25. The molecule has 5 heteroatoms. The van der Waals surface area contributed by atoms with Crippen LogP contribution in [0.5, 0.6) is 0 Å². The van der Waals surface area contributed by atoms with Crippen LogP contribution >= 0.6 is 0 Å². The lowest BCUT2D eigenvalue weighted by Crippen LogP contribution is -2.50. The molecule has 1 N–H and O–H groups in total. The molecule has 0 aromatic carbocycles. The molecule has 2 rings (SSSR count). The van der Waals surface area contributed by atoms with E-state index in [2.05, 4.69) is 4.90 Å². The zero-order chi connectivity index (χ0) is 15.5. The van der Waals surface area contributed by atoms with Crippen LogP contribution < -0.4 is 0 Å². The fraction of sp³-hybridized carbons (Fsp3) is 0.875. The Hall–Kier alpha value is -1.10. The van der Waals surface area contributed by atoms with Crippen molar-refractivity contribution in [1.29, 1.82) is 0 Å². The monoisotopic (exact) mass is 296 g/mol. The van der Waals surface area contributed by atoms with Gasteiger partial charge in [-0.3, -0.25) is 14.5 Å². The van der Waals surface area contributed by atoms with Crippen LogP contribution in [0.3, 0.4) is 0 Å². The average Bonchev–Trinajstić information content (AvgIpc) is 3.29. The summed E-state index contributed by atoms with van der Waals surface area (Å²) in [4.78, 5) is 28.2. The summed E-state index contributed by atoms with van der Waals surface area (Å²) in [6.07, 6.45) is 3.86. The van der Waals surface area contributed by atoms with Crippen molar-refractivity contribution in [3.63, 3.8) is 0 Å². The van der Waals surface area contributed by atoms with Crippen molar-refractivity contribution in [1.82, 2.24) is 9.80 Å². The summed E-state index contributed by atoms with van der Waals surface area (Å²) >= 11 is 0. The summed E-state index contributed by atoms with van der Waals surface area (Å²) in [5.74, 6) is 0.0486. The van der Waals surface area contributed by atoms with Crippen molar-refractivity contribution < 1.29 is 14.7 Å². The molecule has 1 heterocycles. The van der Waals surface area contributed by atoms with E-state index in [0.29, 0.717) is 12.8 Å². The number of aliphatic carboxylic acids is 1. The highest BCUT2D eigenvalue weighted by Gasteiger charge is 2.39. The van der Waals surface area contributed by atoms with Gasteiger partial charge in [0.25, 0.3) is 0 Å². The minimum atomic E-state index is -0.887. The molecule has 1 amide bonds. The van der Waals surface area contributed by atoms with Crippen molar-refractivity contribution in [3.8, 4) is 0 Å². The fourth-order valence-electron chi connectivity index (χ4n) is 3.12. The Balaban J connectivity index is 1.84. The Labute approximate surface area is 127 Å². The van der Waals surface area contributed by atoms with E-state index < -0.39 is 11.4 Å². The maximum Gasteiger partial charge on any atom is 0.310 e. The van der Waals surface area contributed by atoms with Gasteiger partial charge in [0, 0.05) is 39.1 Å². The van der Waals surface area contributed by atoms with Gasteiger partial charge in [-0.25, -0.2) is 0 Å². The zero-order valence-corrected chi connectivity index (χ0v) is 13.3. The molecule has 1 saturated carbocycles. The van der Waals surface area contributed by atoms with Crippen LogP contribution in [0.1, 0.15) is 46.0 Å². The van der Waals surface area contributed by atoms with E-state index in [-0.39, 0.29) is 12.3 Å². The molecule has 0 bridgehead atoms. The first-order valence-electron chi connectivity index (χ1n) is 8.24. The second-order valence-electron chi connectivity index (χ2n) is 6.59. The molecular weight excluding hydrogens is 268 g/mol. The molecule has 2 fully saturated rings. The molecule has 0 radical (unpaired) electrons. The normalized spacial score (nSPS) is 20.6. The van der Waals surface area contributed by atoms with Gasteiger partial charge in [-0.15, -0.1) is 0 Å². The lowest BCUT2D eigenvalue weighted by Gasteiger charge is -2.36. The van der Waals surface area contributed by atoms with Crippen LogP contribution in [0, 0.1) is 11.3 Å². The number of carboxylic acid groups (broad SMARTS) is 1. The van der Waals surface area contributed by atoms with Crippen molar-refractivity contribution in [2.45, 2.75) is 46.0 Å². The molecule has 0 unspecified atom stereocenters. The standard InChI is InChI=1S/C16H28N2O3/c1-3-16(4-2,15(20)21)11-14(19)18-9-7-17(8-10-18)12-13-5-6-13/h13H,3-12H2,1-2H3,(H,20,21). The predicted octanol–water partition coefficient (Wildman–Crippen LogP) is 1.82. The molecule has 21 heavy (non-hydrogen) atoms. The Morgan fingerprint density at radius 2 is 1.67 bits per heavy atom. The Bertz CT molecular complexity index is 381. The number of rotatable bonds is 7. The van der Waals surface area contributed by atoms with E-state index in [9.17, 15) is 14.7 Å². The molecular formula is C16H28N2O3. The highest BCUT2D eigenvalue weighted by Crippen LogP contribution is 2.32. The van der Waals surface area contributed by atoms with Crippen molar-refractivity contribution in [2.75, 3.05) is 32.7 Å². The number of hydrogen-bond acceptors (Lipinski definition) is 3. The average molecular weight is 296 g/mol. The van der Waals surface area contributed by atoms with E-state index in [1.54, 1.807) is 0 Å². The number of piperazine rings is 1. The summed E-state index contributed by atoms with van der Waals surface area (Å²) in [7, 11) is 0. The number of carbonyl (C=O) groups excluding carboxylic acids is 1.